The van der Waals surface area contributed by atoms with E-state index in [9.17, 15) is 5.11 Å². The van der Waals surface area contributed by atoms with E-state index >= 15 is 0 Å². The molecule has 4 nitrogen and oxygen atoms in total. The van der Waals surface area contributed by atoms with Crippen molar-refractivity contribution in [3.05, 3.63) is 52.3 Å². The maximum absolute atomic E-state index is 10.2. The van der Waals surface area contributed by atoms with Crippen molar-refractivity contribution >= 4 is 5.95 Å². The van der Waals surface area contributed by atoms with E-state index in [2.05, 4.69) is 27.4 Å². The molecule has 4 heteroatoms. The Morgan fingerprint density at radius 3 is 2.45 bits per heavy atom. The lowest BCUT2D eigenvalue weighted by Gasteiger charge is -2.19. The summed E-state index contributed by atoms with van der Waals surface area (Å²) < 4.78 is 0. The molecule has 1 aromatic carbocycles. The molecule has 0 saturated heterocycles. The number of aryl methyl sites for hydroxylation is 2. The zero-order chi connectivity index (χ0) is 14.3. The van der Waals surface area contributed by atoms with Gasteiger partial charge in [0.2, 0.25) is 5.95 Å². The van der Waals surface area contributed by atoms with Crippen LogP contribution in [-0.4, -0.2) is 21.2 Å². The third kappa shape index (κ3) is 2.16. The molecule has 0 fully saturated rings. The van der Waals surface area contributed by atoms with Crippen LogP contribution in [0, 0.1) is 20.8 Å². The number of nitrogens with zero attached hydrogens (tertiary/aromatic N) is 2. The normalized spacial score (nSPS) is 20.8. The highest BCUT2D eigenvalue weighted by molar-refractivity contribution is 5.43. The van der Waals surface area contributed by atoms with Gasteiger partial charge in [-0.3, -0.25) is 0 Å². The van der Waals surface area contributed by atoms with Gasteiger partial charge in [-0.2, -0.15) is 0 Å². The van der Waals surface area contributed by atoms with Gasteiger partial charge < -0.3 is 10.4 Å². The van der Waals surface area contributed by atoms with E-state index in [1.165, 1.54) is 5.56 Å². The minimum atomic E-state index is -0.432. The van der Waals surface area contributed by atoms with Crippen LogP contribution in [0.2, 0.25) is 0 Å². The number of rotatable bonds is 2. The fraction of sp³-hybridized carbons (Fsp3) is 0.375. The molecule has 2 aromatic rings. The Balaban J connectivity index is 1.92. The van der Waals surface area contributed by atoms with Crippen molar-refractivity contribution in [3.8, 4) is 0 Å². The fourth-order valence-corrected chi connectivity index (χ4v) is 2.72. The smallest absolute Gasteiger partial charge is 0.223 e. The molecule has 104 valence electrons. The second-order valence-electron chi connectivity index (χ2n) is 5.44. The van der Waals surface area contributed by atoms with Crippen LogP contribution in [0.4, 0.5) is 5.95 Å². The van der Waals surface area contributed by atoms with E-state index in [4.69, 9.17) is 0 Å². The Kier molecular flexibility index (Phi) is 3.18. The molecule has 2 atom stereocenters. The summed E-state index contributed by atoms with van der Waals surface area (Å²) in [4.78, 5) is 8.94. The van der Waals surface area contributed by atoms with Gasteiger partial charge in [0, 0.05) is 17.8 Å². The van der Waals surface area contributed by atoms with Crippen LogP contribution in [0.1, 0.15) is 34.1 Å². The quantitative estimate of drug-likeness (QED) is 0.879. The fourth-order valence-electron chi connectivity index (χ4n) is 2.72. The van der Waals surface area contributed by atoms with Crippen molar-refractivity contribution in [1.82, 2.24) is 9.97 Å². The van der Waals surface area contributed by atoms with E-state index in [-0.39, 0.29) is 6.04 Å². The van der Waals surface area contributed by atoms with E-state index in [0.29, 0.717) is 12.4 Å². The molecule has 1 heterocycles. The zero-order valence-corrected chi connectivity index (χ0v) is 12.0. The van der Waals surface area contributed by atoms with E-state index in [0.717, 1.165) is 22.5 Å². The van der Waals surface area contributed by atoms with Crippen LogP contribution in [-0.2, 0) is 6.42 Å². The standard InChI is InChI=1S/C16H19N3O/c1-9-10(2)17-16(18-11(9)3)19-15-13-7-5-4-6-12(13)8-14(15)20/h4-7,14-15,20H,8H2,1-3H3,(H,17,18,19)/t14-,15+/m0/s1. The highest BCUT2D eigenvalue weighted by Gasteiger charge is 2.31. The van der Waals surface area contributed by atoms with E-state index < -0.39 is 6.10 Å². The molecule has 1 aliphatic rings. The lowest BCUT2D eigenvalue weighted by Crippen LogP contribution is -2.22. The van der Waals surface area contributed by atoms with Crippen molar-refractivity contribution in [1.29, 1.82) is 0 Å². The number of anilines is 1. The first-order valence-corrected chi connectivity index (χ1v) is 6.90. The first-order chi connectivity index (χ1) is 9.56. The summed E-state index contributed by atoms with van der Waals surface area (Å²) >= 11 is 0. The Morgan fingerprint density at radius 2 is 1.75 bits per heavy atom. The van der Waals surface area contributed by atoms with Crippen LogP contribution in [0.3, 0.4) is 0 Å². The average Bonchev–Trinajstić information content (AvgIpc) is 2.73. The second-order valence-corrected chi connectivity index (χ2v) is 5.44. The van der Waals surface area contributed by atoms with Gasteiger partial charge in [-0.15, -0.1) is 0 Å². The number of benzene rings is 1. The van der Waals surface area contributed by atoms with E-state index in [1.54, 1.807) is 0 Å². The van der Waals surface area contributed by atoms with Crippen molar-refractivity contribution in [3.63, 3.8) is 0 Å². The lowest BCUT2D eigenvalue weighted by molar-refractivity contribution is 0.165. The van der Waals surface area contributed by atoms with Gasteiger partial charge in [-0.25, -0.2) is 9.97 Å². The molecule has 2 N–H and O–H groups in total. The zero-order valence-electron chi connectivity index (χ0n) is 12.0. The minimum absolute atomic E-state index is 0.132. The topological polar surface area (TPSA) is 58.0 Å². The van der Waals surface area contributed by atoms with Crippen LogP contribution in [0.15, 0.2) is 24.3 Å². The monoisotopic (exact) mass is 269 g/mol. The molecular weight excluding hydrogens is 250 g/mol. The van der Waals surface area contributed by atoms with Crippen LogP contribution < -0.4 is 5.32 Å². The van der Waals surface area contributed by atoms with Gasteiger partial charge in [0.15, 0.2) is 0 Å². The largest absolute Gasteiger partial charge is 0.390 e. The maximum Gasteiger partial charge on any atom is 0.223 e. The number of fused-ring (bicyclic) bond motifs is 1. The van der Waals surface area contributed by atoms with Crippen LogP contribution in [0.25, 0.3) is 0 Å². The maximum atomic E-state index is 10.2. The summed E-state index contributed by atoms with van der Waals surface area (Å²) in [5.41, 5.74) is 5.39. The first-order valence-electron chi connectivity index (χ1n) is 6.90. The number of aliphatic hydroxyl groups is 1. The molecular formula is C16H19N3O. The van der Waals surface area contributed by atoms with Gasteiger partial charge >= 0.3 is 0 Å². The van der Waals surface area contributed by atoms with Crippen molar-refractivity contribution < 1.29 is 5.11 Å². The van der Waals surface area contributed by atoms with Crippen molar-refractivity contribution in [2.75, 3.05) is 5.32 Å². The molecule has 0 amide bonds. The molecule has 3 rings (SSSR count). The van der Waals surface area contributed by atoms with Gasteiger partial charge in [0.1, 0.15) is 0 Å². The second kappa shape index (κ2) is 4.87. The predicted octanol–water partition coefficient (Wildman–Crippen LogP) is 2.47. The Hall–Kier alpha value is -1.94. The Morgan fingerprint density at radius 1 is 1.10 bits per heavy atom. The molecule has 0 unspecified atom stereocenters. The molecule has 1 aromatic heterocycles. The number of aliphatic hydroxyl groups excluding tert-OH is 1. The number of hydrogen-bond donors (Lipinski definition) is 2. The number of hydrogen-bond acceptors (Lipinski definition) is 4. The van der Waals surface area contributed by atoms with Gasteiger partial charge in [0.05, 0.1) is 12.1 Å². The summed E-state index contributed by atoms with van der Waals surface area (Å²) in [5, 5.41) is 13.5. The van der Waals surface area contributed by atoms with Crippen LogP contribution in [0.5, 0.6) is 0 Å². The minimum Gasteiger partial charge on any atom is -0.390 e. The molecule has 1 aliphatic carbocycles. The molecule has 0 aliphatic heterocycles. The molecule has 0 saturated carbocycles. The summed E-state index contributed by atoms with van der Waals surface area (Å²) in [7, 11) is 0. The molecule has 0 bridgehead atoms. The average molecular weight is 269 g/mol. The lowest BCUT2D eigenvalue weighted by atomic mass is 10.1. The van der Waals surface area contributed by atoms with Gasteiger partial charge in [-0.1, -0.05) is 24.3 Å². The third-order valence-corrected chi connectivity index (χ3v) is 4.12. The molecule has 20 heavy (non-hydrogen) atoms. The van der Waals surface area contributed by atoms with Gasteiger partial charge in [-0.05, 0) is 37.5 Å². The Bertz CT molecular complexity index is 631. The highest BCUT2D eigenvalue weighted by atomic mass is 16.3. The molecule has 0 radical (unpaired) electrons. The van der Waals surface area contributed by atoms with Crippen molar-refractivity contribution in [2.24, 2.45) is 0 Å². The first kappa shape index (κ1) is 13.1. The SMILES string of the molecule is Cc1nc(N[C@@H]2c3ccccc3C[C@@H]2O)nc(C)c1C. The highest BCUT2D eigenvalue weighted by Crippen LogP contribution is 2.33. The van der Waals surface area contributed by atoms with Crippen LogP contribution >= 0.6 is 0 Å². The summed E-state index contributed by atoms with van der Waals surface area (Å²) in [6.07, 6.45) is 0.246. The number of nitrogens with one attached hydrogen (secondary N) is 1. The van der Waals surface area contributed by atoms with Crippen molar-refractivity contribution in [2.45, 2.75) is 39.3 Å². The summed E-state index contributed by atoms with van der Waals surface area (Å²) in [6, 6.07) is 7.99. The Labute approximate surface area is 118 Å². The summed E-state index contributed by atoms with van der Waals surface area (Å²) in [6.45, 7) is 5.98. The van der Waals surface area contributed by atoms with E-state index in [1.807, 2.05) is 32.9 Å². The predicted molar refractivity (Wildman–Crippen MR) is 78.8 cm³/mol. The third-order valence-electron chi connectivity index (χ3n) is 4.12. The summed E-state index contributed by atoms with van der Waals surface area (Å²) in [5.74, 6) is 0.589. The van der Waals surface area contributed by atoms with Gasteiger partial charge in [0.25, 0.3) is 0 Å². The molecule has 0 spiro atoms. The number of aromatic nitrogens is 2.